The molecule has 1 nitrogen and oxygen atoms in total. The average molecular weight is 205 g/mol. The third-order valence-corrected chi connectivity index (χ3v) is 2.44. The van der Waals surface area contributed by atoms with Crippen LogP contribution in [-0.2, 0) is 5.60 Å². The Kier molecular flexibility index (Phi) is 1.82. The van der Waals surface area contributed by atoms with Gasteiger partial charge in [-0.1, -0.05) is 11.6 Å². The van der Waals surface area contributed by atoms with Crippen LogP contribution in [0.1, 0.15) is 18.4 Å². The Hall–Kier alpha value is -0.670. The first kappa shape index (κ1) is 8.91. The summed E-state index contributed by atoms with van der Waals surface area (Å²) in [6.45, 7) is 0. The zero-order valence-corrected chi connectivity index (χ0v) is 7.41. The number of hydrogen-bond donors (Lipinski definition) is 1. The Bertz CT molecular complexity index is 361. The molecular weight excluding hydrogens is 198 g/mol. The molecule has 1 aromatic rings. The van der Waals surface area contributed by atoms with E-state index < -0.39 is 17.2 Å². The van der Waals surface area contributed by atoms with Crippen molar-refractivity contribution in [2.24, 2.45) is 0 Å². The summed E-state index contributed by atoms with van der Waals surface area (Å²) in [6, 6.07) is 2.17. The van der Waals surface area contributed by atoms with Crippen LogP contribution < -0.4 is 0 Å². The van der Waals surface area contributed by atoms with Crippen molar-refractivity contribution in [1.29, 1.82) is 0 Å². The first-order valence-corrected chi connectivity index (χ1v) is 4.28. The zero-order chi connectivity index (χ0) is 9.64. The number of hydrogen-bond acceptors (Lipinski definition) is 1. The van der Waals surface area contributed by atoms with E-state index in [1.165, 1.54) is 6.07 Å². The molecule has 0 saturated heterocycles. The molecule has 0 atom stereocenters. The molecule has 1 aliphatic rings. The van der Waals surface area contributed by atoms with Crippen molar-refractivity contribution in [1.82, 2.24) is 0 Å². The van der Waals surface area contributed by atoms with Crippen LogP contribution in [0.3, 0.4) is 0 Å². The van der Waals surface area contributed by atoms with Crippen molar-refractivity contribution in [3.8, 4) is 0 Å². The molecular formula is C9H7ClF2O. The molecule has 4 heteroatoms. The van der Waals surface area contributed by atoms with E-state index in [0.29, 0.717) is 12.8 Å². The fraction of sp³-hybridized carbons (Fsp3) is 0.333. The monoisotopic (exact) mass is 204 g/mol. The van der Waals surface area contributed by atoms with Crippen molar-refractivity contribution in [2.75, 3.05) is 0 Å². The summed E-state index contributed by atoms with van der Waals surface area (Å²) in [5, 5.41) is 9.67. The number of halogens is 3. The van der Waals surface area contributed by atoms with Gasteiger partial charge >= 0.3 is 0 Å². The van der Waals surface area contributed by atoms with Crippen LogP contribution in [0.5, 0.6) is 0 Å². The summed E-state index contributed by atoms with van der Waals surface area (Å²) in [6.07, 6.45) is 0.924. The minimum absolute atomic E-state index is 0.0301. The topological polar surface area (TPSA) is 20.2 Å². The van der Waals surface area contributed by atoms with Gasteiger partial charge in [0.15, 0.2) is 11.6 Å². The molecule has 1 saturated carbocycles. The molecule has 0 spiro atoms. The maximum atomic E-state index is 13.1. The lowest BCUT2D eigenvalue weighted by Crippen LogP contribution is -2.08. The standard InChI is InChI=1S/C9H7ClF2O/c10-5-3-6(9(13)1-2-9)8(12)7(11)4-5/h3-4,13H,1-2H2. The third kappa shape index (κ3) is 1.42. The highest BCUT2D eigenvalue weighted by atomic mass is 35.5. The van der Waals surface area contributed by atoms with Crippen molar-refractivity contribution in [2.45, 2.75) is 18.4 Å². The van der Waals surface area contributed by atoms with Crippen molar-refractivity contribution < 1.29 is 13.9 Å². The molecule has 0 amide bonds. The molecule has 0 bridgehead atoms. The molecule has 0 unspecified atom stereocenters. The Balaban J connectivity index is 2.56. The first-order valence-electron chi connectivity index (χ1n) is 3.90. The van der Waals surface area contributed by atoms with E-state index in [2.05, 4.69) is 0 Å². The van der Waals surface area contributed by atoms with Crippen LogP contribution in [0.15, 0.2) is 12.1 Å². The summed E-state index contributed by atoms with van der Waals surface area (Å²) < 4.78 is 26.0. The molecule has 1 aliphatic carbocycles. The quantitative estimate of drug-likeness (QED) is 0.698. The highest BCUT2D eigenvalue weighted by Crippen LogP contribution is 2.47. The van der Waals surface area contributed by atoms with E-state index in [0.717, 1.165) is 6.07 Å². The summed E-state index contributed by atoms with van der Waals surface area (Å²) in [7, 11) is 0. The Morgan fingerprint density at radius 1 is 1.31 bits per heavy atom. The lowest BCUT2D eigenvalue weighted by molar-refractivity contribution is 0.145. The maximum absolute atomic E-state index is 13.1. The lowest BCUT2D eigenvalue weighted by atomic mass is 10.1. The summed E-state index contributed by atoms with van der Waals surface area (Å²) in [4.78, 5) is 0. The van der Waals surface area contributed by atoms with E-state index in [9.17, 15) is 13.9 Å². The molecule has 1 aromatic carbocycles. The van der Waals surface area contributed by atoms with Crippen LogP contribution in [-0.4, -0.2) is 5.11 Å². The Labute approximate surface area is 78.9 Å². The van der Waals surface area contributed by atoms with Gasteiger partial charge < -0.3 is 5.11 Å². The van der Waals surface area contributed by atoms with Gasteiger partial charge in [0.25, 0.3) is 0 Å². The number of benzene rings is 1. The van der Waals surface area contributed by atoms with Gasteiger partial charge in [-0.25, -0.2) is 8.78 Å². The second kappa shape index (κ2) is 2.66. The van der Waals surface area contributed by atoms with Crippen LogP contribution in [0.4, 0.5) is 8.78 Å². The van der Waals surface area contributed by atoms with Crippen LogP contribution in [0.25, 0.3) is 0 Å². The van der Waals surface area contributed by atoms with Crippen molar-refractivity contribution in [3.05, 3.63) is 34.4 Å². The normalized spacial score (nSPS) is 18.8. The van der Waals surface area contributed by atoms with Gasteiger partial charge in [0.05, 0.1) is 5.60 Å². The van der Waals surface area contributed by atoms with Crippen LogP contribution in [0, 0.1) is 11.6 Å². The predicted octanol–water partition coefficient (Wildman–Crippen LogP) is 2.60. The summed E-state index contributed by atoms with van der Waals surface area (Å²) in [5.41, 5.74) is -1.21. The van der Waals surface area contributed by atoms with Gasteiger partial charge in [0.2, 0.25) is 0 Å². The fourth-order valence-corrected chi connectivity index (χ4v) is 1.49. The number of aliphatic hydroxyl groups is 1. The molecule has 0 heterocycles. The van der Waals surface area contributed by atoms with Gasteiger partial charge in [-0.3, -0.25) is 0 Å². The van der Waals surface area contributed by atoms with Crippen LogP contribution in [0.2, 0.25) is 5.02 Å². The molecule has 13 heavy (non-hydrogen) atoms. The fourth-order valence-electron chi connectivity index (χ4n) is 1.28. The molecule has 70 valence electrons. The van der Waals surface area contributed by atoms with Crippen molar-refractivity contribution in [3.63, 3.8) is 0 Å². The minimum atomic E-state index is -1.18. The molecule has 0 aliphatic heterocycles. The van der Waals surface area contributed by atoms with E-state index in [-0.39, 0.29) is 10.6 Å². The van der Waals surface area contributed by atoms with Gasteiger partial charge in [-0.2, -0.15) is 0 Å². The zero-order valence-electron chi connectivity index (χ0n) is 6.65. The lowest BCUT2D eigenvalue weighted by Gasteiger charge is -2.09. The Morgan fingerprint density at radius 3 is 2.46 bits per heavy atom. The molecule has 2 rings (SSSR count). The second-order valence-electron chi connectivity index (χ2n) is 3.28. The SMILES string of the molecule is OC1(c2cc(Cl)cc(F)c2F)CC1. The minimum Gasteiger partial charge on any atom is -0.385 e. The average Bonchev–Trinajstić information content (AvgIpc) is 2.77. The first-order chi connectivity index (χ1) is 6.03. The molecule has 1 fully saturated rings. The van der Waals surface area contributed by atoms with E-state index in [1.807, 2.05) is 0 Å². The second-order valence-corrected chi connectivity index (χ2v) is 3.72. The van der Waals surface area contributed by atoms with E-state index in [1.54, 1.807) is 0 Å². The molecule has 1 N–H and O–H groups in total. The largest absolute Gasteiger partial charge is 0.385 e. The predicted molar refractivity (Wildman–Crippen MR) is 44.5 cm³/mol. The summed E-state index contributed by atoms with van der Waals surface area (Å²) in [5.74, 6) is -2.01. The van der Waals surface area contributed by atoms with Crippen molar-refractivity contribution >= 4 is 11.6 Å². The van der Waals surface area contributed by atoms with Gasteiger partial charge in [0, 0.05) is 10.6 Å². The highest BCUT2D eigenvalue weighted by Gasteiger charge is 2.44. The maximum Gasteiger partial charge on any atom is 0.165 e. The summed E-state index contributed by atoms with van der Waals surface area (Å²) >= 11 is 5.54. The van der Waals surface area contributed by atoms with Gasteiger partial charge in [-0.05, 0) is 25.0 Å². The van der Waals surface area contributed by atoms with Gasteiger partial charge in [-0.15, -0.1) is 0 Å². The van der Waals surface area contributed by atoms with E-state index >= 15 is 0 Å². The highest BCUT2D eigenvalue weighted by molar-refractivity contribution is 6.30. The van der Waals surface area contributed by atoms with E-state index in [4.69, 9.17) is 11.6 Å². The molecule has 0 radical (unpaired) electrons. The third-order valence-electron chi connectivity index (χ3n) is 2.22. The number of rotatable bonds is 1. The Morgan fingerprint density at radius 2 is 1.92 bits per heavy atom. The smallest absolute Gasteiger partial charge is 0.165 e. The van der Waals surface area contributed by atoms with Gasteiger partial charge in [0.1, 0.15) is 0 Å². The van der Waals surface area contributed by atoms with Crippen LogP contribution >= 0.6 is 11.6 Å². The molecule has 0 aromatic heterocycles.